The van der Waals surface area contributed by atoms with Crippen LogP contribution in [0.2, 0.25) is 0 Å². The molecule has 0 aliphatic rings. The van der Waals surface area contributed by atoms with Crippen molar-refractivity contribution in [1.29, 1.82) is 0 Å². The summed E-state index contributed by atoms with van der Waals surface area (Å²) >= 11 is 3.08. The van der Waals surface area contributed by atoms with Gasteiger partial charge in [-0.15, -0.1) is 12.1 Å². The van der Waals surface area contributed by atoms with Crippen LogP contribution in [0.5, 0.6) is 0 Å². The normalized spacial score (nSPS) is 8.05. The van der Waals surface area contributed by atoms with Gasteiger partial charge in [-0.05, 0) is 0 Å². The average molecular weight is 369 g/mol. The number of halogens is 1. The zero-order valence-corrected chi connectivity index (χ0v) is 17.3. The van der Waals surface area contributed by atoms with Gasteiger partial charge < -0.3 is 13.8 Å². The maximum atomic E-state index is 3.60. The zero-order valence-electron chi connectivity index (χ0n) is 12.8. The first-order valence-electron chi connectivity index (χ1n) is 6.09. The van der Waals surface area contributed by atoms with Crippen LogP contribution < -0.4 is 18.9 Å². The molecule has 0 fully saturated rings. The second-order valence-corrected chi connectivity index (χ2v) is 3.83. The monoisotopic (exact) mass is 366 g/mol. The average Bonchev–Trinajstić information content (AvgIpc) is 2.41. The van der Waals surface area contributed by atoms with Gasteiger partial charge in [-0.3, -0.25) is 0 Å². The fraction of sp³-hybridized carbons (Fsp3) is 0.375. The maximum absolute atomic E-state index is 3.60. The van der Waals surface area contributed by atoms with Gasteiger partial charge in [0, 0.05) is 0 Å². The van der Waals surface area contributed by atoms with E-state index in [0.717, 1.165) is 18.4 Å². The quantitative estimate of drug-likeness (QED) is 0.568. The molecule has 0 spiro atoms. The smallest absolute Gasteiger partial charge is 0.343 e. The number of hydrogen-bond acceptors (Lipinski definition) is 0. The second kappa shape index (κ2) is 27.1. The minimum atomic E-state index is 0. The third-order valence-corrected chi connectivity index (χ3v) is 1.96. The van der Waals surface area contributed by atoms with E-state index in [0.29, 0.717) is 0 Å². The predicted octanol–water partition coefficient (Wildman–Crippen LogP) is 3.10. The third kappa shape index (κ3) is 27.8. The molecule has 98 valence electrons. The molecule has 1 aromatic carbocycles. The molecule has 19 heavy (non-hydrogen) atoms. The van der Waals surface area contributed by atoms with Crippen molar-refractivity contribution in [2.45, 2.75) is 39.5 Å². The Labute approximate surface area is 153 Å². The molecular weight excluding hydrogens is 344 g/mol. The molecule has 1 aromatic rings. The maximum Gasteiger partial charge on any atom is 2.00 e. The van der Waals surface area contributed by atoms with Gasteiger partial charge in [-0.2, -0.15) is 34.3 Å². The summed E-state index contributed by atoms with van der Waals surface area (Å²) in [6.45, 7) is 11.4. The Morgan fingerprint density at radius 2 is 1.42 bits per heavy atom. The molecule has 0 saturated heterocycles. The van der Waals surface area contributed by atoms with Gasteiger partial charge in [-0.25, -0.2) is 11.1 Å². The predicted molar refractivity (Wildman–Crippen MR) is 83.6 cm³/mol. The van der Waals surface area contributed by atoms with E-state index in [9.17, 15) is 0 Å². The van der Waals surface area contributed by atoms with Crippen LogP contribution >= 0.6 is 15.9 Å². The first-order valence-corrected chi connectivity index (χ1v) is 6.88. The van der Waals surface area contributed by atoms with E-state index >= 15 is 0 Å². The van der Waals surface area contributed by atoms with E-state index in [-0.39, 0.29) is 38.3 Å². The molecule has 0 amide bonds. The summed E-state index contributed by atoms with van der Waals surface area (Å²) in [5, 5.41) is 0. The molecule has 0 saturated carbocycles. The van der Waals surface area contributed by atoms with Gasteiger partial charge in [-0.1, -0.05) is 44.9 Å². The molecule has 3 heteroatoms. The van der Waals surface area contributed by atoms with Gasteiger partial charge >= 0.3 is 38.3 Å². The van der Waals surface area contributed by atoms with Crippen LogP contribution in [0.4, 0.5) is 0 Å². The van der Waals surface area contributed by atoms with Crippen LogP contribution in [0.3, 0.4) is 0 Å². The first-order chi connectivity index (χ1) is 8.26. The van der Waals surface area contributed by atoms with Crippen LogP contribution in [-0.2, 0) is 19.5 Å². The second-order valence-electron chi connectivity index (χ2n) is 3.37. The van der Waals surface area contributed by atoms with Gasteiger partial charge in [0.15, 0.2) is 0 Å². The first kappa shape index (κ1) is 27.9. The van der Waals surface area contributed by atoms with Crippen molar-refractivity contribution in [3.8, 4) is 0 Å². The minimum Gasteiger partial charge on any atom is -0.343 e. The Balaban J connectivity index is -0.0000000975. The SMILES string of the molecule is Br[C-]=Cc1ccccc1.[CH2-]CCC.[CH2-]CCC.[Li+].[Zn+2]. The fourth-order valence-electron chi connectivity index (χ4n) is 0.612. The molecule has 0 unspecified atom stereocenters. The van der Waals surface area contributed by atoms with Crippen molar-refractivity contribution in [3.05, 3.63) is 54.7 Å². The van der Waals surface area contributed by atoms with E-state index in [1.807, 2.05) is 36.4 Å². The van der Waals surface area contributed by atoms with Crippen molar-refractivity contribution in [2.24, 2.45) is 0 Å². The largest absolute Gasteiger partial charge is 2.00 e. The van der Waals surface area contributed by atoms with E-state index in [2.05, 4.69) is 48.6 Å². The molecule has 0 heterocycles. The Morgan fingerprint density at radius 1 is 1.05 bits per heavy atom. The summed E-state index contributed by atoms with van der Waals surface area (Å²) in [7, 11) is 0. The van der Waals surface area contributed by atoms with Crippen LogP contribution in [0, 0.1) is 18.8 Å². The third-order valence-electron chi connectivity index (χ3n) is 1.73. The van der Waals surface area contributed by atoms with Crippen LogP contribution in [0.1, 0.15) is 45.1 Å². The van der Waals surface area contributed by atoms with Crippen LogP contribution in [-0.4, -0.2) is 0 Å². The van der Waals surface area contributed by atoms with Gasteiger partial charge in [0.05, 0.1) is 0 Å². The van der Waals surface area contributed by atoms with Crippen molar-refractivity contribution >= 4 is 22.0 Å². The molecule has 0 atom stereocenters. The van der Waals surface area contributed by atoms with Crippen LogP contribution in [0.25, 0.3) is 6.08 Å². The Hall–Kier alpha value is 0.661. The molecular formula is C16H24BrLiZn. The molecule has 0 aliphatic carbocycles. The molecule has 0 radical (unpaired) electrons. The zero-order chi connectivity index (χ0) is 13.4. The van der Waals surface area contributed by atoms with Gasteiger partial charge in [0.2, 0.25) is 0 Å². The fourth-order valence-corrected chi connectivity index (χ4v) is 0.877. The molecule has 0 N–H and O–H groups in total. The van der Waals surface area contributed by atoms with E-state index in [1.165, 1.54) is 12.8 Å². The molecule has 0 aromatic heterocycles. The van der Waals surface area contributed by atoms with Crippen molar-refractivity contribution < 1.29 is 38.3 Å². The van der Waals surface area contributed by atoms with E-state index in [1.54, 1.807) is 0 Å². The van der Waals surface area contributed by atoms with Crippen molar-refractivity contribution in [3.63, 3.8) is 0 Å². The standard InChI is InChI=1S/C8H6Br.2C4H9.Li.Zn/c9-7-6-8-4-2-1-3-5-8;2*1-3-4-2;;/h1-6H;2*1,3-4H2,2H3;;/q3*-1;+1;+2. The summed E-state index contributed by atoms with van der Waals surface area (Å²) < 4.78 is 0. The van der Waals surface area contributed by atoms with Crippen molar-refractivity contribution in [2.75, 3.05) is 0 Å². The van der Waals surface area contributed by atoms with E-state index in [4.69, 9.17) is 0 Å². The number of rotatable bonds is 3. The van der Waals surface area contributed by atoms with Gasteiger partial charge in [0.25, 0.3) is 0 Å². The number of benzene rings is 1. The Bertz CT molecular complexity index is 242. The summed E-state index contributed by atoms with van der Waals surface area (Å²) in [5.74, 6) is 0. The minimum absolute atomic E-state index is 0. The topological polar surface area (TPSA) is 0 Å². The molecule has 0 nitrogen and oxygen atoms in total. The summed E-state index contributed by atoms with van der Waals surface area (Å²) in [4.78, 5) is 2.77. The number of unbranched alkanes of at least 4 members (excludes halogenated alkanes) is 2. The molecule has 0 bridgehead atoms. The Morgan fingerprint density at radius 3 is 1.68 bits per heavy atom. The van der Waals surface area contributed by atoms with Crippen molar-refractivity contribution in [1.82, 2.24) is 0 Å². The summed E-state index contributed by atoms with van der Waals surface area (Å²) in [5.41, 5.74) is 1.16. The summed E-state index contributed by atoms with van der Waals surface area (Å²) in [6, 6.07) is 10.0. The summed E-state index contributed by atoms with van der Waals surface area (Å²) in [6.07, 6.45) is 6.43. The van der Waals surface area contributed by atoms with Crippen LogP contribution in [0.15, 0.2) is 30.3 Å². The molecule has 0 aliphatic heterocycles. The van der Waals surface area contributed by atoms with E-state index < -0.39 is 0 Å². The Kier molecular flexibility index (Phi) is 39.8. The molecule has 1 rings (SSSR count). The van der Waals surface area contributed by atoms with Gasteiger partial charge in [0.1, 0.15) is 0 Å². The number of hydrogen-bond donors (Lipinski definition) is 0.